The first kappa shape index (κ1) is 17.2. The van der Waals surface area contributed by atoms with Gasteiger partial charge in [-0.05, 0) is 45.3 Å². The van der Waals surface area contributed by atoms with Gasteiger partial charge >= 0.3 is 0 Å². The van der Waals surface area contributed by atoms with Gasteiger partial charge < -0.3 is 19.7 Å². The second-order valence-corrected chi connectivity index (χ2v) is 7.14. The summed E-state index contributed by atoms with van der Waals surface area (Å²) in [5.74, 6) is 0.465. The van der Waals surface area contributed by atoms with Crippen LogP contribution in [0.5, 0.6) is 0 Å². The third-order valence-electron chi connectivity index (χ3n) is 4.92. The molecule has 0 aromatic rings. The van der Waals surface area contributed by atoms with Crippen molar-refractivity contribution in [3.8, 4) is 0 Å². The van der Waals surface area contributed by atoms with Crippen LogP contribution in [-0.2, 0) is 9.47 Å². The zero-order valence-corrected chi connectivity index (χ0v) is 14.4. The molecule has 0 aromatic heterocycles. The van der Waals surface area contributed by atoms with Gasteiger partial charge in [-0.15, -0.1) is 0 Å². The molecule has 0 radical (unpaired) electrons. The summed E-state index contributed by atoms with van der Waals surface area (Å²) in [6.45, 7) is 10.6. The average Bonchev–Trinajstić information content (AvgIpc) is 2.91. The van der Waals surface area contributed by atoms with Crippen LogP contribution in [0.25, 0.3) is 0 Å². The number of rotatable bonds is 7. The lowest BCUT2D eigenvalue weighted by atomic mass is 9.84. The summed E-state index contributed by atoms with van der Waals surface area (Å²) >= 11 is 0. The first-order valence-corrected chi connectivity index (χ1v) is 8.78. The van der Waals surface area contributed by atoms with Crippen molar-refractivity contribution in [2.24, 2.45) is 5.92 Å². The quantitative estimate of drug-likeness (QED) is 0.783. The lowest BCUT2D eigenvalue weighted by molar-refractivity contribution is -0.192. The van der Waals surface area contributed by atoms with Crippen LogP contribution in [0.4, 0.5) is 0 Å². The van der Waals surface area contributed by atoms with Gasteiger partial charge in [0, 0.05) is 24.9 Å². The molecule has 2 unspecified atom stereocenters. The van der Waals surface area contributed by atoms with Crippen molar-refractivity contribution in [2.45, 2.75) is 70.7 Å². The molecule has 1 spiro atoms. The third kappa shape index (κ3) is 4.65. The van der Waals surface area contributed by atoms with Gasteiger partial charge in [-0.3, -0.25) is 0 Å². The van der Waals surface area contributed by atoms with Gasteiger partial charge in [0.2, 0.25) is 0 Å². The van der Waals surface area contributed by atoms with E-state index in [9.17, 15) is 0 Å². The van der Waals surface area contributed by atoms with E-state index in [0.29, 0.717) is 12.1 Å². The minimum Gasteiger partial charge on any atom is -0.347 e. The van der Waals surface area contributed by atoms with Crippen molar-refractivity contribution in [1.29, 1.82) is 0 Å². The molecule has 1 saturated carbocycles. The third-order valence-corrected chi connectivity index (χ3v) is 4.92. The minimum absolute atomic E-state index is 0.291. The van der Waals surface area contributed by atoms with Gasteiger partial charge in [0.15, 0.2) is 5.79 Å². The fourth-order valence-electron chi connectivity index (χ4n) is 3.55. The molecule has 0 aromatic carbocycles. The maximum absolute atomic E-state index is 5.96. The van der Waals surface area contributed by atoms with Gasteiger partial charge in [-0.2, -0.15) is 0 Å². The molecule has 21 heavy (non-hydrogen) atoms. The molecule has 2 aliphatic rings. The molecule has 1 aliphatic carbocycles. The number of hydrogen-bond acceptors (Lipinski definition) is 4. The van der Waals surface area contributed by atoms with Crippen LogP contribution in [0.1, 0.15) is 52.9 Å². The summed E-state index contributed by atoms with van der Waals surface area (Å²) < 4.78 is 11.9. The predicted molar refractivity (Wildman–Crippen MR) is 86.4 cm³/mol. The zero-order chi connectivity index (χ0) is 15.3. The van der Waals surface area contributed by atoms with E-state index in [2.05, 4.69) is 38.0 Å². The van der Waals surface area contributed by atoms with E-state index in [0.717, 1.165) is 51.5 Å². The molecule has 1 aliphatic heterocycles. The van der Waals surface area contributed by atoms with E-state index in [1.54, 1.807) is 0 Å². The second-order valence-electron chi connectivity index (χ2n) is 7.14. The maximum atomic E-state index is 5.96. The molecule has 2 fully saturated rings. The minimum atomic E-state index is -0.291. The Morgan fingerprint density at radius 3 is 2.62 bits per heavy atom. The molecule has 2 atom stereocenters. The fraction of sp³-hybridized carbons (Fsp3) is 1.00. The molecule has 1 saturated heterocycles. The second kappa shape index (κ2) is 7.91. The van der Waals surface area contributed by atoms with Crippen molar-refractivity contribution in [2.75, 3.05) is 33.4 Å². The number of nitrogens with one attached hydrogen (secondary N) is 1. The molecule has 0 bridgehead atoms. The Balaban J connectivity index is 1.97. The smallest absolute Gasteiger partial charge is 0.170 e. The van der Waals surface area contributed by atoms with E-state index >= 15 is 0 Å². The SMILES string of the molecule is CCCNC1CCC2(CC1N(C)CCC(C)C)OCCO2. The van der Waals surface area contributed by atoms with Crippen LogP contribution in [-0.4, -0.2) is 56.1 Å². The van der Waals surface area contributed by atoms with Gasteiger partial charge in [0.05, 0.1) is 13.2 Å². The Labute approximate surface area is 130 Å². The van der Waals surface area contributed by atoms with Crippen molar-refractivity contribution in [1.82, 2.24) is 10.2 Å². The van der Waals surface area contributed by atoms with E-state index in [-0.39, 0.29) is 5.79 Å². The van der Waals surface area contributed by atoms with Crippen LogP contribution in [0.3, 0.4) is 0 Å². The molecule has 0 amide bonds. The van der Waals surface area contributed by atoms with Crippen molar-refractivity contribution in [3.05, 3.63) is 0 Å². The molecule has 2 rings (SSSR count). The first-order chi connectivity index (χ1) is 10.1. The highest BCUT2D eigenvalue weighted by atomic mass is 16.7. The number of nitrogens with zero attached hydrogens (tertiary/aromatic N) is 1. The summed E-state index contributed by atoms with van der Waals surface area (Å²) in [5.41, 5.74) is 0. The van der Waals surface area contributed by atoms with E-state index in [1.807, 2.05) is 0 Å². The van der Waals surface area contributed by atoms with Crippen molar-refractivity contribution in [3.63, 3.8) is 0 Å². The number of likely N-dealkylation sites (N-methyl/N-ethyl adjacent to an activating group) is 1. The normalized spacial score (nSPS) is 28.9. The molecular formula is C17H34N2O2. The lowest BCUT2D eigenvalue weighted by Crippen LogP contribution is -2.57. The van der Waals surface area contributed by atoms with E-state index in [4.69, 9.17) is 9.47 Å². The predicted octanol–water partition coefficient (Wildman–Crippen LogP) is 2.63. The fourth-order valence-corrected chi connectivity index (χ4v) is 3.55. The van der Waals surface area contributed by atoms with Crippen LogP contribution in [0, 0.1) is 5.92 Å². The number of ether oxygens (including phenoxy) is 2. The summed E-state index contributed by atoms with van der Waals surface area (Å²) in [6, 6.07) is 1.09. The monoisotopic (exact) mass is 298 g/mol. The van der Waals surface area contributed by atoms with Crippen LogP contribution >= 0.6 is 0 Å². The summed E-state index contributed by atoms with van der Waals surface area (Å²) in [7, 11) is 2.27. The van der Waals surface area contributed by atoms with Gasteiger partial charge in [-0.25, -0.2) is 0 Å². The van der Waals surface area contributed by atoms with E-state index in [1.165, 1.54) is 12.8 Å². The Hall–Kier alpha value is -0.160. The summed E-state index contributed by atoms with van der Waals surface area (Å²) in [6.07, 6.45) is 5.63. The number of hydrogen-bond donors (Lipinski definition) is 1. The zero-order valence-electron chi connectivity index (χ0n) is 14.4. The van der Waals surface area contributed by atoms with Gasteiger partial charge in [-0.1, -0.05) is 20.8 Å². The highest BCUT2D eigenvalue weighted by Gasteiger charge is 2.46. The molecule has 1 N–H and O–H groups in total. The Morgan fingerprint density at radius 2 is 2.00 bits per heavy atom. The largest absolute Gasteiger partial charge is 0.347 e. The molecule has 1 heterocycles. The Kier molecular flexibility index (Phi) is 6.48. The lowest BCUT2D eigenvalue weighted by Gasteiger charge is -2.45. The maximum Gasteiger partial charge on any atom is 0.170 e. The van der Waals surface area contributed by atoms with Crippen LogP contribution in [0.2, 0.25) is 0 Å². The summed E-state index contributed by atoms with van der Waals surface area (Å²) in [5, 5.41) is 3.74. The molecule has 124 valence electrons. The van der Waals surface area contributed by atoms with Gasteiger partial charge in [0.25, 0.3) is 0 Å². The van der Waals surface area contributed by atoms with Gasteiger partial charge in [0.1, 0.15) is 0 Å². The summed E-state index contributed by atoms with van der Waals surface area (Å²) in [4.78, 5) is 2.53. The topological polar surface area (TPSA) is 33.7 Å². The van der Waals surface area contributed by atoms with Crippen molar-refractivity contribution < 1.29 is 9.47 Å². The standard InChI is InChI=1S/C17H34N2O2/c1-5-9-18-15-6-8-17(20-11-12-21-17)13-16(15)19(4)10-7-14(2)3/h14-16,18H,5-13H2,1-4H3. The van der Waals surface area contributed by atoms with Crippen molar-refractivity contribution >= 4 is 0 Å². The Bertz CT molecular complexity index is 303. The highest BCUT2D eigenvalue weighted by Crippen LogP contribution is 2.37. The highest BCUT2D eigenvalue weighted by molar-refractivity contribution is 4.95. The van der Waals surface area contributed by atoms with E-state index < -0.39 is 0 Å². The molecular weight excluding hydrogens is 264 g/mol. The molecule has 4 nitrogen and oxygen atoms in total. The first-order valence-electron chi connectivity index (χ1n) is 8.78. The Morgan fingerprint density at radius 1 is 1.29 bits per heavy atom. The van der Waals surface area contributed by atoms with Crippen LogP contribution in [0.15, 0.2) is 0 Å². The average molecular weight is 298 g/mol. The molecule has 4 heteroatoms. The van der Waals surface area contributed by atoms with Crippen LogP contribution < -0.4 is 5.32 Å².